The van der Waals surface area contributed by atoms with Crippen LogP contribution in [-0.2, 0) is 10.8 Å². The molecule has 0 aliphatic heterocycles. The lowest BCUT2D eigenvalue weighted by molar-refractivity contribution is 0.660. The number of anilines is 3. The fourth-order valence-corrected chi connectivity index (χ4v) is 10.1. The Morgan fingerprint density at radius 3 is 1.75 bits per heavy atom. The van der Waals surface area contributed by atoms with Crippen LogP contribution in [0.5, 0.6) is 0 Å². The first-order valence-electron chi connectivity index (χ1n) is 19.8. The molecule has 11 rings (SSSR count). The minimum atomic E-state index is -0.136. The van der Waals surface area contributed by atoms with E-state index in [1.165, 1.54) is 83.1 Å². The molecule has 0 bridgehead atoms. The summed E-state index contributed by atoms with van der Waals surface area (Å²) in [6, 6.07) is 67.6. The predicted molar refractivity (Wildman–Crippen MR) is 243 cm³/mol. The molecule has 0 spiro atoms. The summed E-state index contributed by atoms with van der Waals surface area (Å²) < 4.78 is 2.45. The van der Waals surface area contributed by atoms with Gasteiger partial charge in [0.25, 0.3) is 0 Å². The third kappa shape index (κ3) is 4.90. The van der Waals surface area contributed by atoms with Crippen molar-refractivity contribution in [2.45, 2.75) is 46.0 Å². The van der Waals surface area contributed by atoms with Crippen molar-refractivity contribution in [2.24, 2.45) is 0 Å². The number of hydrogen-bond donors (Lipinski definition) is 0. The van der Waals surface area contributed by atoms with Gasteiger partial charge in [-0.15, -0.1) is 0 Å². The van der Waals surface area contributed by atoms with E-state index in [-0.39, 0.29) is 18.3 Å². The van der Waals surface area contributed by atoms with Gasteiger partial charge in [-0.05, 0) is 81.4 Å². The molecule has 9 aromatic rings. The Hall–Kier alpha value is -6.64. The van der Waals surface area contributed by atoms with Gasteiger partial charge in [-0.3, -0.25) is 0 Å². The van der Waals surface area contributed by atoms with Crippen LogP contribution in [0.1, 0.15) is 57.4 Å². The largest absolute Gasteiger partial charge is 0.309 e. The number of fused-ring (bicyclic) bond motifs is 9. The molecule has 1 heterocycles. The van der Waals surface area contributed by atoms with Gasteiger partial charge in [-0.25, -0.2) is 0 Å². The Balaban J connectivity index is 0.00000396. The molecule has 2 aliphatic rings. The van der Waals surface area contributed by atoms with E-state index < -0.39 is 0 Å². The van der Waals surface area contributed by atoms with Crippen molar-refractivity contribution in [2.75, 3.05) is 4.90 Å². The molecular formula is C55H46N2. The van der Waals surface area contributed by atoms with E-state index in [0.29, 0.717) is 0 Å². The monoisotopic (exact) mass is 734 g/mol. The van der Waals surface area contributed by atoms with Gasteiger partial charge in [0.2, 0.25) is 0 Å². The van der Waals surface area contributed by atoms with E-state index in [0.717, 1.165) is 17.1 Å². The van der Waals surface area contributed by atoms with Gasteiger partial charge in [0.1, 0.15) is 0 Å². The molecule has 0 N–H and O–H groups in total. The number of rotatable bonds is 5. The predicted octanol–water partition coefficient (Wildman–Crippen LogP) is 15.2. The Kier molecular flexibility index (Phi) is 7.76. The van der Waals surface area contributed by atoms with Crippen LogP contribution in [0.25, 0.3) is 60.9 Å². The number of benzene rings is 8. The Labute approximate surface area is 336 Å². The maximum atomic E-state index is 2.56. The maximum absolute atomic E-state index is 2.56. The van der Waals surface area contributed by atoms with Gasteiger partial charge in [0.05, 0.1) is 22.4 Å². The lowest BCUT2D eigenvalue weighted by atomic mass is 9.82. The first-order chi connectivity index (χ1) is 27.3. The Bertz CT molecular complexity index is 3030. The highest BCUT2D eigenvalue weighted by molar-refractivity contribution is 6.15. The highest BCUT2D eigenvalue weighted by Gasteiger charge is 2.39. The molecule has 276 valence electrons. The van der Waals surface area contributed by atoms with E-state index >= 15 is 0 Å². The maximum Gasteiger partial charge on any atom is 0.0620 e. The minimum absolute atomic E-state index is 0. The lowest BCUT2D eigenvalue weighted by Gasteiger charge is -2.32. The molecule has 0 radical (unpaired) electrons. The third-order valence-corrected chi connectivity index (χ3v) is 12.8. The smallest absolute Gasteiger partial charge is 0.0620 e. The molecule has 0 saturated carbocycles. The minimum Gasteiger partial charge on any atom is -0.309 e. The molecule has 2 heteroatoms. The van der Waals surface area contributed by atoms with Crippen molar-refractivity contribution in [3.05, 3.63) is 204 Å². The average molecular weight is 735 g/mol. The van der Waals surface area contributed by atoms with Gasteiger partial charge in [0.15, 0.2) is 0 Å². The van der Waals surface area contributed by atoms with Crippen LogP contribution in [-0.4, -0.2) is 4.57 Å². The second-order valence-corrected chi connectivity index (χ2v) is 16.5. The first-order valence-corrected chi connectivity index (χ1v) is 19.8. The average Bonchev–Trinajstić information content (AvgIpc) is 3.79. The highest BCUT2D eigenvalue weighted by atomic mass is 15.1. The number of aromatic nitrogens is 1. The molecule has 2 nitrogen and oxygen atoms in total. The van der Waals surface area contributed by atoms with Gasteiger partial charge in [-0.2, -0.15) is 0 Å². The highest BCUT2D eigenvalue weighted by Crippen LogP contribution is 2.56. The standard InChI is InChI=1S/C54H42N2.CH4/c1-53(2)45-27-13-9-23-43(45)51-46(53)28-17-31-50(51)55(36-32-33-38-37-20-8-12-26-44(37)54(3,4)47(38)34-36)48-29-14-10-21-39(48)41-24-16-25-42-40-22-11-15-30-49(40)56(52(41)42)35-18-6-5-7-19-35;/h5-34H,1-4H3;1H4. The molecular weight excluding hydrogens is 689 g/mol. The van der Waals surface area contributed by atoms with E-state index in [1.807, 2.05) is 0 Å². The van der Waals surface area contributed by atoms with E-state index in [4.69, 9.17) is 0 Å². The summed E-state index contributed by atoms with van der Waals surface area (Å²) in [5, 5.41) is 2.50. The fourth-order valence-electron chi connectivity index (χ4n) is 10.1. The Morgan fingerprint density at radius 2 is 0.947 bits per heavy atom. The zero-order valence-electron chi connectivity index (χ0n) is 32.2. The second kappa shape index (κ2) is 12.7. The first kappa shape index (κ1) is 34.8. The van der Waals surface area contributed by atoms with Gasteiger partial charge >= 0.3 is 0 Å². The molecule has 0 unspecified atom stereocenters. The lowest BCUT2D eigenvalue weighted by Crippen LogP contribution is -2.18. The SMILES string of the molecule is C.CC1(C)c2ccccc2-c2ccc(N(c3ccccc3-c3cccc4c5ccccc5n(-c5ccccc5)c34)c3cccc4c3-c3ccccc3C4(C)C)cc21. The number of para-hydroxylation sites is 4. The summed E-state index contributed by atoms with van der Waals surface area (Å²) in [4.78, 5) is 2.56. The van der Waals surface area contributed by atoms with Crippen LogP contribution in [0.15, 0.2) is 182 Å². The van der Waals surface area contributed by atoms with Crippen molar-refractivity contribution in [3.63, 3.8) is 0 Å². The number of hydrogen-bond acceptors (Lipinski definition) is 1. The van der Waals surface area contributed by atoms with Crippen molar-refractivity contribution in [3.8, 4) is 39.1 Å². The normalized spacial score (nSPS) is 14.1. The molecule has 0 amide bonds. The molecule has 0 atom stereocenters. The quantitative estimate of drug-likeness (QED) is 0.171. The van der Waals surface area contributed by atoms with Crippen molar-refractivity contribution >= 4 is 38.9 Å². The second-order valence-electron chi connectivity index (χ2n) is 16.5. The summed E-state index contributed by atoms with van der Waals surface area (Å²) in [6.45, 7) is 9.50. The molecule has 57 heavy (non-hydrogen) atoms. The summed E-state index contributed by atoms with van der Waals surface area (Å²) in [5.74, 6) is 0. The van der Waals surface area contributed by atoms with Crippen molar-refractivity contribution in [1.82, 2.24) is 4.57 Å². The van der Waals surface area contributed by atoms with Gasteiger partial charge < -0.3 is 9.47 Å². The van der Waals surface area contributed by atoms with Crippen molar-refractivity contribution in [1.29, 1.82) is 0 Å². The molecule has 0 fully saturated rings. The summed E-state index contributed by atoms with van der Waals surface area (Å²) in [5.41, 5.74) is 19.9. The van der Waals surface area contributed by atoms with E-state index in [9.17, 15) is 0 Å². The van der Waals surface area contributed by atoms with Crippen molar-refractivity contribution < 1.29 is 0 Å². The Morgan fingerprint density at radius 1 is 0.404 bits per heavy atom. The zero-order chi connectivity index (χ0) is 37.8. The van der Waals surface area contributed by atoms with Gasteiger partial charge in [0, 0.05) is 49.7 Å². The van der Waals surface area contributed by atoms with Crippen LogP contribution in [0.2, 0.25) is 0 Å². The molecule has 8 aromatic carbocycles. The van der Waals surface area contributed by atoms with Crippen LogP contribution in [0.3, 0.4) is 0 Å². The zero-order valence-corrected chi connectivity index (χ0v) is 32.2. The van der Waals surface area contributed by atoms with Crippen LogP contribution >= 0.6 is 0 Å². The molecule has 0 saturated heterocycles. The third-order valence-electron chi connectivity index (χ3n) is 12.8. The van der Waals surface area contributed by atoms with E-state index in [2.05, 4.69) is 219 Å². The fraction of sp³-hybridized carbons (Fsp3) is 0.127. The molecule has 2 aliphatic carbocycles. The summed E-state index contributed by atoms with van der Waals surface area (Å²) in [7, 11) is 0. The van der Waals surface area contributed by atoms with Crippen LogP contribution < -0.4 is 4.90 Å². The number of nitrogens with zero attached hydrogens (tertiary/aromatic N) is 2. The van der Waals surface area contributed by atoms with E-state index in [1.54, 1.807) is 0 Å². The molecule has 1 aromatic heterocycles. The summed E-state index contributed by atoms with van der Waals surface area (Å²) >= 11 is 0. The van der Waals surface area contributed by atoms with Crippen LogP contribution in [0.4, 0.5) is 17.1 Å². The summed E-state index contributed by atoms with van der Waals surface area (Å²) in [6.07, 6.45) is 0. The topological polar surface area (TPSA) is 8.17 Å². The van der Waals surface area contributed by atoms with Crippen LogP contribution in [0, 0.1) is 0 Å². The van der Waals surface area contributed by atoms with Gasteiger partial charge in [-0.1, -0.05) is 175 Å².